The van der Waals surface area contributed by atoms with Gasteiger partial charge in [0, 0.05) is 72.9 Å². The van der Waals surface area contributed by atoms with Crippen molar-refractivity contribution in [1.82, 2.24) is 19.8 Å². The number of halogens is 2. The first-order valence-electron chi connectivity index (χ1n) is 16.2. The lowest BCUT2D eigenvalue weighted by atomic mass is 9.95. The minimum atomic E-state index is -1.32. The lowest BCUT2D eigenvalue weighted by molar-refractivity contribution is 0.0965. The van der Waals surface area contributed by atoms with Crippen molar-refractivity contribution < 1.29 is 33.2 Å². The van der Waals surface area contributed by atoms with Crippen molar-refractivity contribution in [1.29, 1.82) is 0 Å². The van der Waals surface area contributed by atoms with Crippen LogP contribution in [0, 0.1) is 5.82 Å². The topological polar surface area (TPSA) is 122 Å². The second-order valence-corrected chi connectivity index (χ2v) is 12.3. The third-order valence-electron chi connectivity index (χ3n) is 8.56. The summed E-state index contributed by atoms with van der Waals surface area (Å²) in [4.78, 5) is 27.7. The molecule has 14 heteroatoms. The zero-order valence-electron chi connectivity index (χ0n) is 28.7. The fourth-order valence-electron chi connectivity index (χ4n) is 5.91. The van der Waals surface area contributed by atoms with Gasteiger partial charge in [-0.3, -0.25) is 9.80 Å². The van der Waals surface area contributed by atoms with Crippen molar-refractivity contribution in [3.05, 3.63) is 88.8 Å². The van der Waals surface area contributed by atoms with Gasteiger partial charge in [-0.2, -0.15) is 4.98 Å². The number of carbonyl (C=O) groups is 1. The first-order valence-corrected chi connectivity index (χ1v) is 16.6. The summed E-state index contributed by atoms with van der Waals surface area (Å²) in [6.45, 7) is 9.38. The third kappa shape index (κ3) is 8.65. The maximum atomic E-state index is 15.1. The Balaban J connectivity index is 1.39. The minimum Gasteiger partial charge on any atom is -0.497 e. The maximum Gasteiger partial charge on any atom is 0.413 e. The number of methoxy groups -OCH3 is 3. The molecule has 0 aliphatic carbocycles. The zero-order valence-corrected chi connectivity index (χ0v) is 29.5. The number of benzene rings is 3. The average Bonchev–Trinajstić information content (AvgIpc) is 3.11. The number of aromatic nitrogens is 2. The van der Waals surface area contributed by atoms with Crippen molar-refractivity contribution in [2.45, 2.75) is 25.9 Å². The number of hydrogen-bond acceptors (Lipinski definition) is 10. The van der Waals surface area contributed by atoms with Gasteiger partial charge < -0.3 is 29.4 Å². The third-order valence-corrected chi connectivity index (χ3v) is 8.80. The first-order chi connectivity index (χ1) is 24.1. The number of amides is 1. The quantitative estimate of drug-likeness (QED) is 0.145. The van der Waals surface area contributed by atoms with Crippen LogP contribution in [-0.2, 0) is 0 Å². The lowest BCUT2D eigenvalue weighted by Gasteiger charge is -2.36. The Hall–Kier alpha value is -4.85. The van der Waals surface area contributed by atoms with Gasteiger partial charge in [0.1, 0.15) is 29.7 Å². The van der Waals surface area contributed by atoms with E-state index in [4.69, 9.17) is 30.5 Å². The van der Waals surface area contributed by atoms with Gasteiger partial charge in [-0.15, -0.1) is 0 Å². The molecule has 2 heterocycles. The molecule has 0 spiro atoms. The van der Waals surface area contributed by atoms with Crippen LogP contribution in [0.25, 0.3) is 0 Å². The van der Waals surface area contributed by atoms with Gasteiger partial charge in [0.15, 0.2) is 11.6 Å². The summed E-state index contributed by atoms with van der Waals surface area (Å²) in [6, 6.07) is 15.4. The van der Waals surface area contributed by atoms with Crippen LogP contribution in [0.1, 0.15) is 31.0 Å². The fourth-order valence-corrected chi connectivity index (χ4v) is 6.07. The Morgan fingerprint density at radius 1 is 0.940 bits per heavy atom. The van der Waals surface area contributed by atoms with E-state index in [0.29, 0.717) is 58.3 Å². The number of nitrogens with zero attached hydrogens (tertiary/aromatic N) is 5. The molecule has 4 aromatic rings. The number of rotatable bonds is 14. The fraction of sp³-hybridized carbons (Fsp3) is 0.361. The number of hydrogen-bond donors (Lipinski definition) is 2. The summed E-state index contributed by atoms with van der Waals surface area (Å²) in [6.07, 6.45) is 0.0878. The highest BCUT2D eigenvalue weighted by molar-refractivity contribution is 6.30. The molecule has 50 heavy (non-hydrogen) atoms. The molecule has 5 rings (SSSR count). The van der Waals surface area contributed by atoms with Gasteiger partial charge in [0.2, 0.25) is 5.95 Å². The van der Waals surface area contributed by atoms with E-state index in [1.807, 2.05) is 0 Å². The summed E-state index contributed by atoms with van der Waals surface area (Å²) >= 11 is 6.28. The van der Waals surface area contributed by atoms with E-state index in [1.165, 1.54) is 39.7 Å². The Morgan fingerprint density at radius 3 is 2.34 bits per heavy atom. The Bertz CT molecular complexity index is 1770. The van der Waals surface area contributed by atoms with E-state index in [0.717, 1.165) is 31.1 Å². The molecular weight excluding hydrogens is 667 g/mol. The van der Waals surface area contributed by atoms with E-state index in [-0.39, 0.29) is 17.5 Å². The Morgan fingerprint density at radius 2 is 1.68 bits per heavy atom. The van der Waals surface area contributed by atoms with Gasteiger partial charge in [-0.25, -0.2) is 19.1 Å². The molecule has 0 radical (unpaired) electrons. The molecule has 12 nitrogen and oxygen atoms in total. The molecule has 1 aromatic heterocycles. The van der Waals surface area contributed by atoms with Crippen molar-refractivity contribution in [3.8, 4) is 23.0 Å². The molecular formula is C36H42ClFN6O6. The summed E-state index contributed by atoms with van der Waals surface area (Å²) in [5, 5.41) is 14.1. The SMILES string of the molecule is COc1ccc(OC)c(C(c2ccc(Cl)cc2OC)N(C(=O)O)c2ccnc(Nc3ccc(OCCN4CCN(C(C)C)CC4)c(F)c3)n2)c1. The van der Waals surface area contributed by atoms with Crippen LogP contribution >= 0.6 is 11.6 Å². The average molecular weight is 709 g/mol. The van der Waals surface area contributed by atoms with Crippen LogP contribution in [0.2, 0.25) is 5.02 Å². The van der Waals surface area contributed by atoms with Crippen LogP contribution in [0.4, 0.5) is 26.6 Å². The molecule has 1 unspecified atom stereocenters. The Labute approximate surface area is 296 Å². The molecule has 1 saturated heterocycles. The van der Waals surface area contributed by atoms with Gasteiger partial charge in [-0.05, 0) is 62.4 Å². The van der Waals surface area contributed by atoms with Crippen LogP contribution in [0.15, 0.2) is 66.9 Å². The second-order valence-electron chi connectivity index (χ2n) is 11.9. The highest BCUT2D eigenvalue weighted by Gasteiger charge is 2.34. The predicted molar refractivity (Wildman–Crippen MR) is 190 cm³/mol. The van der Waals surface area contributed by atoms with Gasteiger partial charge in [0.05, 0.1) is 27.4 Å². The highest BCUT2D eigenvalue weighted by Crippen LogP contribution is 2.43. The molecule has 1 atom stereocenters. The van der Waals surface area contributed by atoms with Crippen molar-refractivity contribution in [2.75, 3.05) is 70.9 Å². The Kier molecular flexibility index (Phi) is 12.2. The number of piperazine rings is 1. The van der Waals surface area contributed by atoms with Gasteiger partial charge in [-0.1, -0.05) is 17.7 Å². The maximum absolute atomic E-state index is 15.1. The van der Waals surface area contributed by atoms with Crippen LogP contribution in [0.3, 0.4) is 0 Å². The van der Waals surface area contributed by atoms with Crippen molar-refractivity contribution in [2.24, 2.45) is 0 Å². The van der Waals surface area contributed by atoms with Gasteiger partial charge in [0.25, 0.3) is 0 Å². The highest BCUT2D eigenvalue weighted by atomic mass is 35.5. The number of ether oxygens (including phenoxy) is 4. The largest absolute Gasteiger partial charge is 0.497 e. The lowest BCUT2D eigenvalue weighted by Crippen LogP contribution is -2.49. The monoisotopic (exact) mass is 708 g/mol. The molecule has 0 saturated carbocycles. The zero-order chi connectivity index (χ0) is 35.8. The molecule has 1 amide bonds. The molecule has 1 aliphatic heterocycles. The standard InChI is InChI=1S/C36H42ClFN6O6/c1-23(2)43-16-14-42(15-17-43)18-19-50-31-10-7-25(21-29(31)38)40-35-39-13-12-33(41-35)44(36(45)46)34(27-9-6-24(37)20-32(27)49-5)28-22-26(47-3)8-11-30(28)48-4/h6-13,20-23,34H,14-19H2,1-5H3,(H,45,46)(H,39,40,41). The molecule has 2 N–H and O–H groups in total. The van der Waals surface area contributed by atoms with E-state index in [2.05, 4.69) is 38.9 Å². The van der Waals surface area contributed by atoms with Crippen LogP contribution in [0.5, 0.6) is 23.0 Å². The van der Waals surface area contributed by atoms with E-state index < -0.39 is 18.0 Å². The van der Waals surface area contributed by atoms with E-state index in [1.54, 1.807) is 48.5 Å². The van der Waals surface area contributed by atoms with Crippen molar-refractivity contribution >= 4 is 35.1 Å². The van der Waals surface area contributed by atoms with E-state index >= 15 is 4.39 Å². The normalized spacial score (nSPS) is 14.2. The minimum absolute atomic E-state index is 0.0246. The summed E-state index contributed by atoms with van der Waals surface area (Å²) in [5.74, 6) is 0.875. The predicted octanol–water partition coefficient (Wildman–Crippen LogP) is 6.72. The molecule has 1 aliphatic rings. The number of nitrogens with one attached hydrogen (secondary N) is 1. The molecule has 1 fully saturated rings. The van der Waals surface area contributed by atoms with Crippen LogP contribution < -0.4 is 29.2 Å². The molecule has 266 valence electrons. The summed E-state index contributed by atoms with van der Waals surface area (Å²) in [5.41, 5.74) is 1.27. The van der Waals surface area contributed by atoms with Crippen molar-refractivity contribution in [3.63, 3.8) is 0 Å². The first kappa shape index (κ1) is 36.4. The number of anilines is 3. The van der Waals surface area contributed by atoms with E-state index in [9.17, 15) is 9.90 Å². The number of carboxylic acid groups (broad SMARTS) is 1. The summed E-state index contributed by atoms with van der Waals surface area (Å²) in [7, 11) is 4.47. The molecule has 3 aromatic carbocycles. The van der Waals surface area contributed by atoms with Crippen LogP contribution in [-0.4, -0.2) is 97.7 Å². The smallest absolute Gasteiger partial charge is 0.413 e. The molecule has 0 bridgehead atoms. The van der Waals surface area contributed by atoms with Gasteiger partial charge >= 0.3 is 6.09 Å². The second kappa shape index (κ2) is 16.7. The summed E-state index contributed by atoms with van der Waals surface area (Å²) < 4.78 is 37.7.